The Hall–Kier alpha value is 0.270. The van der Waals surface area contributed by atoms with E-state index in [0.717, 1.165) is 0 Å². The van der Waals surface area contributed by atoms with Crippen molar-refractivity contribution in [3.05, 3.63) is 11.7 Å². The quantitative estimate of drug-likeness (QED) is 0.492. The summed E-state index contributed by atoms with van der Waals surface area (Å²) in [6, 6.07) is 0. The minimum absolute atomic E-state index is 0.0393. The van der Waals surface area contributed by atoms with E-state index in [9.17, 15) is 13.6 Å². The van der Waals surface area contributed by atoms with Crippen molar-refractivity contribution in [2.45, 2.75) is 13.3 Å². The van der Waals surface area contributed by atoms with Crippen LogP contribution in [-0.4, -0.2) is 28.9 Å². The molecule has 9 heteroatoms. The molecule has 100 valence electrons. The van der Waals surface area contributed by atoms with Crippen LogP contribution in [0.4, 0.5) is 13.6 Å². The van der Waals surface area contributed by atoms with Crippen molar-refractivity contribution in [3.63, 3.8) is 0 Å². The maximum atomic E-state index is 12.1. The monoisotopic (exact) mass is 321 g/mol. The predicted molar refractivity (Wildman–Crippen MR) is 74.9 cm³/mol. The first-order valence-electron chi connectivity index (χ1n) is 4.42. The number of nitrogens with zero attached hydrogens (tertiary/aromatic N) is 1. The molecule has 0 bridgehead atoms. The Morgan fingerprint density at radius 1 is 1.24 bits per heavy atom. The van der Waals surface area contributed by atoms with Gasteiger partial charge in [0, 0.05) is 28.4 Å². The maximum Gasteiger partial charge on any atom is 0.431 e. The molecule has 0 aromatic heterocycles. The van der Waals surface area contributed by atoms with Gasteiger partial charge in [-0.05, 0) is 25.0 Å². The summed E-state index contributed by atoms with van der Waals surface area (Å²) in [4.78, 5) is 11.5. The van der Waals surface area contributed by atoms with Gasteiger partial charge in [0.25, 0.3) is 6.08 Å². The third kappa shape index (κ3) is 8.06. The Labute approximate surface area is 116 Å². The van der Waals surface area contributed by atoms with Gasteiger partial charge in [0.15, 0.2) is 0 Å². The number of hydrogen-bond acceptors (Lipinski definition) is 6. The molecule has 0 unspecified atom stereocenters. The Kier molecular flexibility index (Phi) is 10.4. The van der Waals surface area contributed by atoms with Crippen LogP contribution in [0.5, 0.6) is 0 Å². The first-order chi connectivity index (χ1) is 8.02. The lowest BCUT2D eigenvalue weighted by atomic mass is 10.2. The topological polar surface area (TPSA) is 29.5 Å². The molecule has 0 aliphatic heterocycles. The SMILES string of the molecule is CSSN(SSC)C(=O)OCCC(C)=C(F)F. The van der Waals surface area contributed by atoms with E-state index in [-0.39, 0.29) is 18.6 Å². The van der Waals surface area contributed by atoms with Gasteiger partial charge >= 0.3 is 6.09 Å². The van der Waals surface area contributed by atoms with Crippen LogP contribution in [0.2, 0.25) is 0 Å². The molecule has 0 saturated heterocycles. The van der Waals surface area contributed by atoms with Crippen molar-refractivity contribution in [1.82, 2.24) is 3.71 Å². The summed E-state index contributed by atoms with van der Waals surface area (Å²) in [5.41, 5.74) is -0.0561. The van der Waals surface area contributed by atoms with Crippen molar-refractivity contribution in [2.75, 3.05) is 19.1 Å². The number of halogens is 2. The van der Waals surface area contributed by atoms with Crippen LogP contribution in [0, 0.1) is 0 Å². The van der Waals surface area contributed by atoms with Crippen molar-refractivity contribution in [2.24, 2.45) is 0 Å². The van der Waals surface area contributed by atoms with E-state index >= 15 is 0 Å². The largest absolute Gasteiger partial charge is 0.448 e. The van der Waals surface area contributed by atoms with Crippen LogP contribution < -0.4 is 0 Å². The van der Waals surface area contributed by atoms with Gasteiger partial charge in [-0.15, -0.1) is 0 Å². The van der Waals surface area contributed by atoms with Crippen LogP contribution in [-0.2, 0) is 4.74 Å². The zero-order chi connectivity index (χ0) is 13.3. The third-order valence-electron chi connectivity index (χ3n) is 1.46. The van der Waals surface area contributed by atoms with Gasteiger partial charge < -0.3 is 4.74 Å². The molecule has 0 aliphatic rings. The number of rotatable bonds is 7. The Morgan fingerprint density at radius 3 is 2.18 bits per heavy atom. The third-order valence-corrected chi connectivity index (χ3v) is 5.13. The smallest absolute Gasteiger partial charge is 0.431 e. The molecule has 0 aromatic carbocycles. The van der Waals surface area contributed by atoms with E-state index < -0.39 is 12.2 Å². The van der Waals surface area contributed by atoms with Crippen molar-refractivity contribution in [1.29, 1.82) is 0 Å². The second-order valence-corrected chi connectivity index (χ2v) is 7.47. The molecule has 0 N–H and O–H groups in total. The minimum Gasteiger partial charge on any atom is -0.448 e. The molecule has 0 radical (unpaired) electrons. The molecule has 0 atom stereocenters. The van der Waals surface area contributed by atoms with E-state index in [2.05, 4.69) is 0 Å². The molecular formula is C8H13F2NO2S4. The second kappa shape index (κ2) is 10.2. The van der Waals surface area contributed by atoms with Gasteiger partial charge in [-0.2, -0.15) is 12.5 Å². The minimum atomic E-state index is -1.71. The van der Waals surface area contributed by atoms with Gasteiger partial charge in [0.2, 0.25) is 0 Å². The normalized spacial score (nSPS) is 9.94. The first kappa shape index (κ1) is 17.3. The highest BCUT2D eigenvalue weighted by Gasteiger charge is 2.16. The van der Waals surface area contributed by atoms with Crippen molar-refractivity contribution < 1.29 is 18.3 Å². The van der Waals surface area contributed by atoms with Crippen molar-refractivity contribution >= 4 is 49.6 Å². The lowest BCUT2D eigenvalue weighted by Gasteiger charge is -2.16. The predicted octanol–water partition coefficient (Wildman–Crippen LogP) is 4.84. The summed E-state index contributed by atoms with van der Waals surface area (Å²) < 4.78 is 30.4. The van der Waals surface area contributed by atoms with Crippen molar-refractivity contribution in [3.8, 4) is 0 Å². The number of amides is 1. The molecule has 17 heavy (non-hydrogen) atoms. The van der Waals surface area contributed by atoms with Crippen LogP contribution in [0.15, 0.2) is 11.7 Å². The molecule has 0 aromatic rings. The lowest BCUT2D eigenvalue weighted by Crippen LogP contribution is -2.17. The standard InChI is InChI=1S/C8H13F2NO2S4/c1-6(7(9)10)4-5-13-8(12)11(16-14-2)17-15-3/h4-5H2,1-3H3. The highest BCUT2D eigenvalue weighted by molar-refractivity contribution is 8.83. The highest BCUT2D eigenvalue weighted by atomic mass is 33.1. The van der Waals surface area contributed by atoms with E-state index in [1.165, 1.54) is 54.2 Å². The number of hydrogen-bond donors (Lipinski definition) is 0. The van der Waals surface area contributed by atoms with E-state index in [0.29, 0.717) is 0 Å². The zero-order valence-corrected chi connectivity index (χ0v) is 12.8. The summed E-state index contributed by atoms with van der Waals surface area (Å²) in [5, 5.41) is 0. The van der Waals surface area contributed by atoms with Gasteiger partial charge in [0.1, 0.15) is 0 Å². The molecule has 0 saturated carbocycles. The average molecular weight is 321 g/mol. The van der Waals surface area contributed by atoms with E-state index in [4.69, 9.17) is 4.74 Å². The highest BCUT2D eigenvalue weighted by Crippen LogP contribution is 2.36. The number of ether oxygens (including phenoxy) is 1. The fraction of sp³-hybridized carbons (Fsp3) is 0.625. The van der Waals surface area contributed by atoms with Crippen LogP contribution >= 0.6 is 43.5 Å². The van der Waals surface area contributed by atoms with Crippen LogP contribution in [0.3, 0.4) is 0 Å². The van der Waals surface area contributed by atoms with Crippen LogP contribution in [0.25, 0.3) is 0 Å². The summed E-state index contributed by atoms with van der Waals surface area (Å²) in [7, 11) is 5.27. The molecular weight excluding hydrogens is 308 g/mol. The first-order valence-corrected chi connectivity index (χ1v) is 9.45. The second-order valence-electron chi connectivity index (χ2n) is 2.64. The lowest BCUT2D eigenvalue weighted by molar-refractivity contribution is 0.143. The molecule has 0 heterocycles. The number of carbonyl (C=O) groups is 1. The zero-order valence-electron chi connectivity index (χ0n) is 9.57. The van der Waals surface area contributed by atoms with Gasteiger partial charge in [-0.1, -0.05) is 21.6 Å². The van der Waals surface area contributed by atoms with Gasteiger partial charge in [-0.3, -0.25) is 0 Å². The van der Waals surface area contributed by atoms with Gasteiger partial charge in [0.05, 0.1) is 6.61 Å². The fourth-order valence-corrected chi connectivity index (χ4v) is 4.41. The average Bonchev–Trinajstić information content (AvgIpc) is 2.28. The summed E-state index contributed by atoms with van der Waals surface area (Å²) in [6.07, 6.45) is 1.47. The Morgan fingerprint density at radius 2 is 1.76 bits per heavy atom. The Bertz CT molecular complexity index is 268. The fourth-order valence-electron chi connectivity index (χ4n) is 0.647. The number of carbonyl (C=O) groups excluding carboxylic acids is 1. The van der Waals surface area contributed by atoms with E-state index in [1.54, 1.807) is 0 Å². The summed E-state index contributed by atoms with van der Waals surface area (Å²) in [6.45, 7) is 1.27. The molecule has 1 amide bonds. The molecule has 0 aliphatic carbocycles. The van der Waals surface area contributed by atoms with Gasteiger partial charge in [-0.25, -0.2) is 4.79 Å². The summed E-state index contributed by atoms with van der Waals surface area (Å²) in [5.74, 6) is 0. The molecule has 0 rings (SSSR count). The summed E-state index contributed by atoms with van der Waals surface area (Å²) >= 11 is 0. The molecule has 0 spiro atoms. The molecule has 0 fully saturated rings. The van der Waals surface area contributed by atoms with Crippen LogP contribution in [0.1, 0.15) is 13.3 Å². The maximum absolute atomic E-state index is 12.1. The van der Waals surface area contributed by atoms with E-state index in [1.807, 2.05) is 12.5 Å². The Balaban J connectivity index is 4.01. The molecule has 3 nitrogen and oxygen atoms in total.